The van der Waals surface area contributed by atoms with Crippen LogP contribution in [0.1, 0.15) is 90.4 Å². The van der Waals surface area contributed by atoms with Gasteiger partial charge in [0.25, 0.3) is 0 Å². The van der Waals surface area contributed by atoms with E-state index in [9.17, 15) is 19.2 Å². The quantitative estimate of drug-likeness (QED) is 0.0348. The van der Waals surface area contributed by atoms with Crippen LogP contribution in [0.25, 0.3) is 0 Å². The molecule has 4 aromatic carbocycles. The summed E-state index contributed by atoms with van der Waals surface area (Å²) in [6.07, 6.45) is 3.26. The lowest BCUT2D eigenvalue weighted by atomic mass is 9.73. The molecule has 1 spiro atoms. The number of rotatable bonds is 18. The molecule has 10 rings (SSSR count). The van der Waals surface area contributed by atoms with Crippen molar-refractivity contribution in [3.63, 3.8) is 0 Å². The van der Waals surface area contributed by atoms with Gasteiger partial charge in [0, 0.05) is 16.5 Å². The maximum Gasteiger partial charge on any atom is 0.344 e. The van der Waals surface area contributed by atoms with Gasteiger partial charge < -0.3 is 37.9 Å². The van der Waals surface area contributed by atoms with Gasteiger partial charge in [-0.05, 0) is 158 Å². The molecule has 2 aliphatic carbocycles. The highest BCUT2D eigenvalue weighted by molar-refractivity contribution is 8.15. The Hall–Kier alpha value is -5.30. The van der Waals surface area contributed by atoms with Crippen LogP contribution < -0.4 is 18.9 Å². The van der Waals surface area contributed by atoms with Crippen LogP contribution in [-0.4, -0.2) is 73.4 Å². The first-order valence-corrected chi connectivity index (χ1v) is 25.1. The van der Waals surface area contributed by atoms with Gasteiger partial charge in [0.15, 0.2) is 23.7 Å². The Morgan fingerprint density at radius 1 is 0.597 bits per heavy atom. The average Bonchev–Trinajstić information content (AvgIpc) is 4.22. The minimum atomic E-state index is -0.526. The Morgan fingerprint density at radius 2 is 1.01 bits per heavy atom. The van der Waals surface area contributed by atoms with Gasteiger partial charge in [-0.3, -0.25) is 9.59 Å². The average molecular weight is 977 g/mol. The van der Waals surface area contributed by atoms with Crippen LogP contribution >= 0.6 is 46.2 Å². The van der Waals surface area contributed by atoms with Crippen LogP contribution in [0, 0.1) is 0 Å². The smallest absolute Gasteiger partial charge is 0.344 e. The first-order valence-electron chi connectivity index (χ1n) is 21.9. The summed E-state index contributed by atoms with van der Waals surface area (Å²) < 4.78 is 45.7. The lowest BCUT2D eigenvalue weighted by Crippen LogP contribution is -2.26. The zero-order valence-electron chi connectivity index (χ0n) is 36.4. The second-order valence-corrected chi connectivity index (χ2v) is 21.2. The summed E-state index contributed by atoms with van der Waals surface area (Å²) in [7, 11) is 0. The number of carbonyl (C=O) groups excluding carboxylic acids is 4. The molecule has 0 saturated carbocycles. The summed E-state index contributed by atoms with van der Waals surface area (Å²) in [4.78, 5) is 54.7. The number of thioether (sulfide) groups is 2. The summed E-state index contributed by atoms with van der Waals surface area (Å²) >= 11 is 4.66. The van der Waals surface area contributed by atoms with Gasteiger partial charge >= 0.3 is 11.9 Å². The molecule has 4 atom stereocenters. The van der Waals surface area contributed by atoms with E-state index in [1.807, 2.05) is 38.1 Å². The molecule has 2 aliphatic heterocycles. The van der Waals surface area contributed by atoms with Crippen LogP contribution in [0.4, 0.5) is 0 Å². The molecule has 4 heterocycles. The zero-order valence-corrected chi connectivity index (χ0v) is 39.7. The fourth-order valence-electron chi connectivity index (χ4n) is 8.61. The third-order valence-electron chi connectivity index (χ3n) is 12.3. The van der Waals surface area contributed by atoms with Crippen molar-refractivity contribution in [1.82, 2.24) is 0 Å². The van der Waals surface area contributed by atoms with E-state index in [0.29, 0.717) is 65.5 Å². The van der Waals surface area contributed by atoms with Crippen LogP contribution in [0.15, 0.2) is 118 Å². The topological polar surface area (TPSA) is 149 Å². The molecular formula is C51H44O12S4. The monoisotopic (exact) mass is 976 g/mol. The predicted molar refractivity (Wildman–Crippen MR) is 254 cm³/mol. The maximum atomic E-state index is 14.3. The van der Waals surface area contributed by atoms with Gasteiger partial charge in [0.1, 0.15) is 23.7 Å². The maximum absolute atomic E-state index is 14.3. The molecule has 0 N–H and O–H groups in total. The number of epoxide rings is 2. The third kappa shape index (κ3) is 10.3. The molecule has 16 heteroatoms. The highest BCUT2D eigenvalue weighted by atomic mass is 32.2. The molecule has 2 saturated heterocycles. The SMILES string of the molecule is CC(OCOc1ccc(C(=O)Oc2ccc(SC(=O)c3cccc4c3C3(CC4)CCc4cccc(C(=O)Sc5ccc(OC(=O)c6ccc(OCOC(C)C7CO7)cc6)s5)c43)s2)cc1)C1CO1. The molecule has 2 aromatic heterocycles. The molecular weight excluding hydrogens is 933 g/mol. The van der Waals surface area contributed by atoms with Crippen LogP contribution in [0.5, 0.6) is 21.6 Å². The standard InChI is InChI=1S/C51H44O12S4/c1-29(39-25-56-39)58-27-60-35-13-9-33(10-14-35)47(52)62-41-17-19-43(64-41)66-49(54)37-7-3-5-31-21-23-51(45(31)37)24-22-32-6-4-8-38(46(32)51)50(55)67-44-20-18-42(65-44)63-48(53)34-11-15-36(16-12-34)61-28-59-30(2)40-26-57-40/h3-20,29-30,39-40H,21-28H2,1-2H3. The van der Waals surface area contributed by atoms with E-state index in [1.54, 1.807) is 72.8 Å². The van der Waals surface area contributed by atoms with Crippen molar-refractivity contribution < 1.29 is 57.1 Å². The van der Waals surface area contributed by atoms with Crippen molar-refractivity contribution in [2.24, 2.45) is 0 Å². The molecule has 344 valence electrons. The van der Waals surface area contributed by atoms with Crippen molar-refractivity contribution in [3.05, 3.63) is 154 Å². The van der Waals surface area contributed by atoms with E-state index >= 15 is 0 Å². The summed E-state index contributed by atoms with van der Waals surface area (Å²) in [5.41, 5.74) is 5.63. The summed E-state index contributed by atoms with van der Waals surface area (Å²) in [6, 6.07) is 32.0. The van der Waals surface area contributed by atoms with E-state index in [-0.39, 0.29) is 48.2 Å². The number of benzene rings is 4. The highest BCUT2D eigenvalue weighted by Crippen LogP contribution is 2.55. The molecule has 2 fully saturated rings. The molecule has 4 unspecified atom stereocenters. The number of ether oxygens (including phenoxy) is 8. The highest BCUT2D eigenvalue weighted by Gasteiger charge is 2.48. The number of esters is 2. The molecule has 0 amide bonds. The fourth-order valence-corrected chi connectivity index (χ4v) is 12.3. The number of hydrogen-bond acceptors (Lipinski definition) is 16. The Bertz CT molecular complexity index is 2620. The van der Waals surface area contributed by atoms with Gasteiger partial charge in [-0.1, -0.05) is 59.1 Å². The van der Waals surface area contributed by atoms with Crippen molar-refractivity contribution in [2.45, 2.75) is 77.8 Å². The number of thiophene rings is 2. The summed E-state index contributed by atoms with van der Waals surface area (Å²) in [6.45, 7) is 5.40. The summed E-state index contributed by atoms with van der Waals surface area (Å²) in [5, 5.41) is 0.503. The first kappa shape index (κ1) is 45.5. The van der Waals surface area contributed by atoms with Gasteiger partial charge in [0.2, 0.25) is 10.2 Å². The van der Waals surface area contributed by atoms with Crippen molar-refractivity contribution >= 4 is 68.4 Å². The first-order chi connectivity index (χ1) is 32.6. The van der Waals surface area contributed by atoms with Gasteiger partial charge in [0.05, 0.1) is 45.0 Å². The second kappa shape index (κ2) is 19.7. The second-order valence-electron chi connectivity index (χ2n) is 16.5. The number of aryl methyl sites for hydroxylation is 2. The lowest BCUT2D eigenvalue weighted by Gasteiger charge is -2.30. The normalized spacial score (nSPS) is 19.6. The Kier molecular flexibility index (Phi) is 13.4. The van der Waals surface area contributed by atoms with Crippen LogP contribution in [0.2, 0.25) is 0 Å². The Labute approximate surface area is 403 Å². The van der Waals surface area contributed by atoms with E-state index in [2.05, 4.69) is 12.1 Å². The summed E-state index contributed by atoms with van der Waals surface area (Å²) in [5.74, 6) is 0.0650. The molecule has 4 aliphatic rings. The molecule has 6 aromatic rings. The number of fused-ring (bicyclic) bond motifs is 4. The fraction of sp³-hybridized carbons (Fsp3) is 0.294. The number of hydrogen-bond donors (Lipinski definition) is 0. The predicted octanol–water partition coefficient (Wildman–Crippen LogP) is 10.6. The largest absolute Gasteiger partial charge is 0.468 e. The Balaban J connectivity index is 0.775. The van der Waals surface area contributed by atoms with Crippen molar-refractivity contribution in [3.8, 4) is 21.6 Å². The van der Waals surface area contributed by atoms with Crippen LogP contribution in [0.3, 0.4) is 0 Å². The molecule has 0 radical (unpaired) electrons. The van der Waals surface area contributed by atoms with E-state index < -0.39 is 17.4 Å². The van der Waals surface area contributed by atoms with E-state index in [1.165, 1.54) is 22.7 Å². The van der Waals surface area contributed by atoms with Gasteiger partial charge in [-0.15, -0.1) is 0 Å². The van der Waals surface area contributed by atoms with Gasteiger partial charge in [-0.2, -0.15) is 0 Å². The van der Waals surface area contributed by atoms with Crippen molar-refractivity contribution in [1.29, 1.82) is 0 Å². The van der Waals surface area contributed by atoms with Crippen LogP contribution in [-0.2, 0) is 37.2 Å². The van der Waals surface area contributed by atoms with E-state index in [0.717, 1.165) is 71.5 Å². The van der Waals surface area contributed by atoms with E-state index in [4.69, 9.17) is 37.9 Å². The lowest BCUT2D eigenvalue weighted by molar-refractivity contribution is -0.0383. The van der Waals surface area contributed by atoms with Gasteiger partial charge in [-0.25, -0.2) is 9.59 Å². The zero-order chi connectivity index (χ0) is 46.1. The Morgan fingerprint density at radius 3 is 1.42 bits per heavy atom. The minimum Gasteiger partial charge on any atom is -0.468 e. The van der Waals surface area contributed by atoms with Crippen molar-refractivity contribution in [2.75, 3.05) is 26.8 Å². The molecule has 67 heavy (non-hydrogen) atoms. The molecule has 12 nitrogen and oxygen atoms in total. The third-order valence-corrected chi connectivity index (χ3v) is 16.3. The molecule has 0 bridgehead atoms. The minimum absolute atomic E-state index is 0.0534. The number of carbonyl (C=O) groups is 4.